The summed E-state index contributed by atoms with van der Waals surface area (Å²) in [6.07, 6.45) is 0.157. The number of rotatable bonds is 7. The minimum absolute atomic E-state index is 0.157. The zero-order valence-corrected chi connectivity index (χ0v) is 11.1. The van der Waals surface area contributed by atoms with Crippen LogP contribution in [0.1, 0.15) is 31.9 Å². The maximum Gasteiger partial charge on any atom is 0.304 e. The van der Waals surface area contributed by atoms with Crippen LogP contribution in [0.2, 0.25) is 0 Å². The quantitative estimate of drug-likeness (QED) is 0.753. The Bertz CT molecular complexity index is 400. The minimum atomic E-state index is -0.762. The van der Waals surface area contributed by atoms with Crippen LogP contribution in [0.4, 0.5) is 0 Å². The fourth-order valence-corrected chi connectivity index (χ4v) is 1.94. The Morgan fingerprint density at radius 3 is 2.50 bits per heavy atom. The molecule has 0 aliphatic rings. The molecule has 1 rings (SSSR count). The van der Waals surface area contributed by atoms with Gasteiger partial charge in [-0.25, -0.2) is 0 Å². The lowest BCUT2D eigenvalue weighted by atomic mass is 10.1. The number of hydrogen-bond acceptors (Lipinski definition) is 2. The monoisotopic (exact) mass is 247 g/mol. The maximum atomic E-state index is 10.7. The van der Waals surface area contributed by atoms with E-state index in [0.29, 0.717) is 6.54 Å². The van der Waals surface area contributed by atoms with Gasteiger partial charge in [-0.1, -0.05) is 42.5 Å². The molecule has 0 heterocycles. The Balaban J connectivity index is 2.75. The molecule has 0 aromatic heterocycles. The van der Waals surface area contributed by atoms with E-state index in [1.165, 1.54) is 5.56 Å². The van der Waals surface area contributed by atoms with Crippen LogP contribution in [-0.4, -0.2) is 29.1 Å². The van der Waals surface area contributed by atoms with E-state index in [1.807, 2.05) is 25.1 Å². The summed E-state index contributed by atoms with van der Waals surface area (Å²) >= 11 is 0. The van der Waals surface area contributed by atoms with Crippen molar-refractivity contribution in [1.82, 2.24) is 4.90 Å². The van der Waals surface area contributed by atoms with E-state index in [2.05, 4.69) is 30.5 Å². The minimum Gasteiger partial charge on any atom is -0.481 e. The van der Waals surface area contributed by atoms with Gasteiger partial charge < -0.3 is 5.11 Å². The molecular formula is C15H21NO2. The van der Waals surface area contributed by atoms with Crippen molar-refractivity contribution in [3.8, 4) is 0 Å². The van der Waals surface area contributed by atoms with Crippen LogP contribution < -0.4 is 0 Å². The average Bonchev–Trinajstić information content (AvgIpc) is 2.34. The summed E-state index contributed by atoms with van der Waals surface area (Å²) in [6, 6.07) is 10.3. The van der Waals surface area contributed by atoms with Crippen LogP contribution in [-0.2, 0) is 4.79 Å². The van der Waals surface area contributed by atoms with Crippen LogP contribution >= 0.6 is 0 Å². The van der Waals surface area contributed by atoms with Crippen LogP contribution in [0.25, 0.3) is 0 Å². The van der Waals surface area contributed by atoms with Crippen molar-refractivity contribution in [2.45, 2.75) is 26.3 Å². The second-order valence-corrected chi connectivity index (χ2v) is 4.66. The molecule has 3 heteroatoms. The van der Waals surface area contributed by atoms with Gasteiger partial charge in [-0.15, -0.1) is 0 Å². The fraction of sp³-hybridized carbons (Fsp3) is 0.400. The number of carbonyl (C=O) groups is 1. The molecule has 1 N–H and O–H groups in total. The van der Waals surface area contributed by atoms with Gasteiger partial charge >= 0.3 is 5.97 Å². The Morgan fingerprint density at radius 2 is 2.00 bits per heavy atom. The lowest BCUT2D eigenvalue weighted by Gasteiger charge is -2.29. The Hall–Kier alpha value is -1.61. The Kier molecular flexibility index (Phi) is 5.59. The van der Waals surface area contributed by atoms with Crippen LogP contribution in [0, 0.1) is 0 Å². The third kappa shape index (κ3) is 4.72. The number of aliphatic carboxylic acids is 1. The van der Waals surface area contributed by atoms with E-state index in [1.54, 1.807) is 0 Å². The molecular weight excluding hydrogens is 226 g/mol. The highest BCUT2D eigenvalue weighted by Gasteiger charge is 2.16. The lowest BCUT2D eigenvalue weighted by Crippen LogP contribution is -2.30. The Labute approximate surface area is 109 Å². The van der Waals surface area contributed by atoms with Gasteiger partial charge in [-0.05, 0) is 19.4 Å². The van der Waals surface area contributed by atoms with E-state index in [-0.39, 0.29) is 12.5 Å². The molecule has 0 radical (unpaired) electrons. The van der Waals surface area contributed by atoms with Crippen molar-refractivity contribution in [3.63, 3.8) is 0 Å². The zero-order chi connectivity index (χ0) is 13.5. The van der Waals surface area contributed by atoms with Gasteiger partial charge in [0.05, 0.1) is 6.42 Å². The molecule has 98 valence electrons. The zero-order valence-electron chi connectivity index (χ0n) is 11.1. The van der Waals surface area contributed by atoms with Gasteiger partial charge in [-0.2, -0.15) is 0 Å². The van der Waals surface area contributed by atoms with Crippen LogP contribution in [0.5, 0.6) is 0 Å². The SMILES string of the molecule is C=C(C)CN(CCC(=O)O)C(C)c1ccccc1. The summed E-state index contributed by atoms with van der Waals surface area (Å²) in [4.78, 5) is 12.8. The molecule has 0 aliphatic carbocycles. The largest absolute Gasteiger partial charge is 0.481 e. The first-order valence-electron chi connectivity index (χ1n) is 6.16. The number of benzene rings is 1. The summed E-state index contributed by atoms with van der Waals surface area (Å²) in [7, 11) is 0. The molecule has 3 nitrogen and oxygen atoms in total. The molecule has 0 fully saturated rings. The molecule has 0 saturated heterocycles. The molecule has 0 spiro atoms. The molecule has 18 heavy (non-hydrogen) atoms. The normalized spacial score (nSPS) is 12.4. The molecule has 1 unspecified atom stereocenters. The molecule has 0 aliphatic heterocycles. The predicted octanol–water partition coefficient (Wildman–Crippen LogP) is 3.10. The van der Waals surface area contributed by atoms with E-state index >= 15 is 0 Å². The molecule has 1 aromatic rings. The summed E-state index contributed by atoms with van der Waals surface area (Å²) in [5.74, 6) is -0.762. The van der Waals surface area contributed by atoms with E-state index < -0.39 is 5.97 Å². The van der Waals surface area contributed by atoms with E-state index in [9.17, 15) is 4.79 Å². The number of carboxylic acids is 1. The highest BCUT2D eigenvalue weighted by Crippen LogP contribution is 2.20. The number of hydrogen-bond donors (Lipinski definition) is 1. The highest BCUT2D eigenvalue weighted by atomic mass is 16.4. The second kappa shape index (κ2) is 6.97. The first-order valence-corrected chi connectivity index (χ1v) is 6.16. The summed E-state index contributed by atoms with van der Waals surface area (Å²) in [5.41, 5.74) is 2.24. The standard InChI is InChI=1S/C15H21NO2/c1-12(2)11-16(10-9-15(17)18)13(3)14-7-5-4-6-8-14/h4-8,13H,1,9-11H2,2-3H3,(H,17,18). The lowest BCUT2D eigenvalue weighted by molar-refractivity contribution is -0.137. The van der Waals surface area contributed by atoms with Crippen molar-refractivity contribution in [3.05, 3.63) is 48.0 Å². The first kappa shape index (κ1) is 14.5. The molecule has 1 aromatic carbocycles. The summed E-state index contributed by atoms with van der Waals surface area (Å²) in [5, 5.41) is 8.80. The van der Waals surface area contributed by atoms with Gasteiger partial charge in [-0.3, -0.25) is 9.69 Å². The summed E-state index contributed by atoms with van der Waals surface area (Å²) in [6.45, 7) is 9.24. The van der Waals surface area contributed by atoms with Crippen molar-refractivity contribution in [2.75, 3.05) is 13.1 Å². The van der Waals surface area contributed by atoms with Gasteiger partial charge in [0.1, 0.15) is 0 Å². The molecule has 0 saturated carbocycles. The molecule has 0 amide bonds. The first-order chi connectivity index (χ1) is 8.50. The average molecular weight is 247 g/mol. The van der Waals surface area contributed by atoms with Crippen molar-refractivity contribution < 1.29 is 9.90 Å². The topological polar surface area (TPSA) is 40.5 Å². The van der Waals surface area contributed by atoms with Crippen molar-refractivity contribution >= 4 is 5.97 Å². The van der Waals surface area contributed by atoms with Crippen LogP contribution in [0.3, 0.4) is 0 Å². The number of nitrogens with zero attached hydrogens (tertiary/aromatic N) is 1. The van der Waals surface area contributed by atoms with Gasteiger partial charge in [0.2, 0.25) is 0 Å². The molecule has 1 atom stereocenters. The van der Waals surface area contributed by atoms with Crippen molar-refractivity contribution in [1.29, 1.82) is 0 Å². The third-order valence-electron chi connectivity index (χ3n) is 2.92. The smallest absolute Gasteiger partial charge is 0.304 e. The fourth-order valence-electron chi connectivity index (χ4n) is 1.94. The van der Waals surface area contributed by atoms with Gasteiger partial charge in [0.15, 0.2) is 0 Å². The summed E-state index contributed by atoms with van der Waals surface area (Å²) < 4.78 is 0. The molecule has 0 bridgehead atoms. The predicted molar refractivity (Wildman–Crippen MR) is 73.5 cm³/mol. The van der Waals surface area contributed by atoms with Gasteiger partial charge in [0.25, 0.3) is 0 Å². The maximum absolute atomic E-state index is 10.7. The van der Waals surface area contributed by atoms with Crippen molar-refractivity contribution in [2.24, 2.45) is 0 Å². The van der Waals surface area contributed by atoms with E-state index in [4.69, 9.17) is 5.11 Å². The number of carboxylic acid groups (broad SMARTS) is 1. The third-order valence-corrected chi connectivity index (χ3v) is 2.92. The highest BCUT2D eigenvalue weighted by molar-refractivity contribution is 5.66. The van der Waals surface area contributed by atoms with Crippen LogP contribution in [0.15, 0.2) is 42.5 Å². The second-order valence-electron chi connectivity index (χ2n) is 4.66. The van der Waals surface area contributed by atoms with Gasteiger partial charge in [0, 0.05) is 19.1 Å². The van der Waals surface area contributed by atoms with E-state index in [0.717, 1.165) is 12.1 Å². The Morgan fingerprint density at radius 1 is 1.39 bits per heavy atom.